The highest BCUT2D eigenvalue weighted by Gasteiger charge is 2.02. The topological polar surface area (TPSA) is 141 Å². The van der Waals surface area contributed by atoms with Gasteiger partial charge < -0.3 is 25.2 Å². The first-order valence-corrected chi connectivity index (χ1v) is 7.50. The van der Waals surface area contributed by atoms with E-state index in [9.17, 15) is 9.59 Å². The zero-order chi connectivity index (χ0) is 18.7. The zero-order valence-corrected chi connectivity index (χ0v) is 14.2. The zero-order valence-electron chi connectivity index (χ0n) is 14.2. The number of aliphatic hydroxyl groups excluding tert-OH is 2. The number of hydrogen-bond donors (Lipinski definition) is 4. The Bertz CT molecular complexity index is 300. The maximum absolute atomic E-state index is 10.0. The van der Waals surface area contributed by atoms with E-state index in [1.165, 1.54) is 26.2 Å². The van der Waals surface area contributed by atoms with Gasteiger partial charge in [0.1, 0.15) is 12.7 Å². The fourth-order valence-corrected chi connectivity index (χ4v) is 1.15. The lowest BCUT2D eigenvalue weighted by Gasteiger charge is -2.05. The highest BCUT2D eigenvalue weighted by Crippen LogP contribution is 2.04. The van der Waals surface area contributed by atoms with Crippen molar-refractivity contribution in [1.82, 2.24) is 0 Å². The molecular weight excluding hydrogens is 308 g/mol. The number of carboxylic acids is 2. The van der Waals surface area contributed by atoms with Crippen LogP contribution in [-0.2, 0) is 19.1 Å². The molecule has 0 spiro atoms. The molecule has 0 bridgehead atoms. The number of ether oxygens (including phenoxy) is 1. The van der Waals surface area contributed by atoms with Crippen LogP contribution in [0.5, 0.6) is 0 Å². The number of carbonyl (C=O) groups is 3. The molecule has 1 unspecified atom stereocenters. The molecule has 0 heterocycles. The molecule has 138 valence electrons. The van der Waals surface area contributed by atoms with E-state index in [1.807, 2.05) is 0 Å². The lowest BCUT2D eigenvalue weighted by Crippen LogP contribution is -2.20. The molecule has 23 heavy (non-hydrogen) atoms. The van der Waals surface area contributed by atoms with Crippen LogP contribution in [0.1, 0.15) is 59.3 Å². The molecule has 0 radical (unpaired) electrons. The van der Waals surface area contributed by atoms with Gasteiger partial charge >= 0.3 is 11.9 Å². The van der Waals surface area contributed by atoms with E-state index in [1.54, 1.807) is 0 Å². The van der Waals surface area contributed by atoms with Gasteiger partial charge in [0.15, 0.2) is 0 Å². The van der Waals surface area contributed by atoms with Crippen LogP contribution in [0.25, 0.3) is 0 Å². The Morgan fingerprint density at radius 1 is 1.00 bits per heavy atom. The fraction of sp³-hybridized carbons (Fsp3) is 0.800. The van der Waals surface area contributed by atoms with Gasteiger partial charge in [0.2, 0.25) is 0 Å². The third-order valence-corrected chi connectivity index (χ3v) is 2.18. The minimum absolute atomic E-state index is 0.133. The van der Waals surface area contributed by atoms with Crippen LogP contribution in [-0.4, -0.2) is 57.7 Å². The molecule has 0 aromatic heterocycles. The molecule has 0 saturated heterocycles. The van der Waals surface area contributed by atoms with E-state index in [0.717, 1.165) is 19.8 Å². The molecule has 1 atom stereocenters. The lowest BCUT2D eigenvalue weighted by molar-refractivity contribution is -0.144. The second-order valence-corrected chi connectivity index (χ2v) is 4.72. The Kier molecular flexibility index (Phi) is 23.2. The van der Waals surface area contributed by atoms with E-state index < -0.39 is 24.0 Å². The van der Waals surface area contributed by atoms with Crippen LogP contribution in [0.2, 0.25) is 0 Å². The highest BCUT2D eigenvalue weighted by molar-refractivity contribution is 5.66. The van der Waals surface area contributed by atoms with Crippen molar-refractivity contribution >= 4 is 17.9 Å². The SMILES string of the molecule is CC(=O)O.CC(=O)OCC(O)CO.CCCCCCCC(=O)O. The van der Waals surface area contributed by atoms with Gasteiger partial charge in [-0.3, -0.25) is 14.4 Å². The number of hydrogen-bond acceptors (Lipinski definition) is 6. The van der Waals surface area contributed by atoms with Crippen LogP contribution < -0.4 is 0 Å². The van der Waals surface area contributed by atoms with Crippen molar-refractivity contribution in [3.8, 4) is 0 Å². The van der Waals surface area contributed by atoms with Gasteiger partial charge in [-0.25, -0.2) is 0 Å². The third kappa shape index (κ3) is 44.9. The lowest BCUT2D eigenvalue weighted by atomic mass is 10.1. The van der Waals surface area contributed by atoms with Crippen LogP contribution >= 0.6 is 0 Å². The summed E-state index contributed by atoms with van der Waals surface area (Å²) in [7, 11) is 0. The first kappa shape index (κ1) is 26.2. The summed E-state index contributed by atoms with van der Waals surface area (Å²) in [6, 6.07) is 0. The number of carbonyl (C=O) groups excluding carboxylic acids is 1. The quantitative estimate of drug-likeness (QED) is 0.365. The first-order chi connectivity index (χ1) is 10.7. The summed E-state index contributed by atoms with van der Waals surface area (Å²) in [4.78, 5) is 29.1. The van der Waals surface area contributed by atoms with Gasteiger partial charge in [-0.2, -0.15) is 0 Å². The molecule has 0 rings (SSSR count). The molecule has 0 aromatic carbocycles. The average molecular weight is 338 g/mol. The summed E-state index contributed by atoms with van der Waals surface area (Å²) >= 11 is 0. The van der Waals surface area contributed by atoms with Crippen molar-refractivity contribution < 1.29 is 39.5 Å². The Morgan fingerprint density at radius 3 is 1.83 bits per heavy atom. The van der Waals surface area contributed by atoms with Gasteiger partial charge in [0.25, 0.3) is 5.97 Å². The van der Waals surface area contributed by atoms with E-state index in [0.29, 0.717) is 6.42 Å². The van der Waals surface area contributed by atoms with Gasteiger partial charge in [-0.1, -0.05) is 32.6 Å². The molecule has 0 saturated carbocycles. The number of esters is 1. The molecular formula is C15H30O8. The minimum atomic E-state index is -0.950. The number of carboxylic acid groups (broad SMARTS) is 2. The fourth-order valence-electron chi connectivity index (χ4n) is 1.15. The largest absolute Gasteiger partial charge is 0.481 e. The van der Waals surface area contributed by atoms with Crippen molar-refractivity contribution in [3.05, 3.63) is 0 Å². The molecule has 0 aliphatic carbocycles. The normalized spacial score (nSPS) is 10.3. The van der Waals surface area contributed by atoms with Crippen molar-refractivity contribution in [2.75, 3.05) is 13.2 Å². The van der Waals surface area contributed by atoms with Crippen LogP contribution in [0.15, 0.2) is 0 Å². The van der Waals surface area contributed by atoms with Crippen LogP contribution in [0, 0.1) is 0 Å². The monoisotopic (exact) mass is 338 g/mol. The van der Waals surface area contributed by atoms with Gasteiger partial charge in [0, 0.05) is 20.3 Å². The average Bonchev–Trinajstić information content (AvgIpc) is 2.44. The summed E-state index contributed by atoms with van der Waals surface area (Å²) in [6.45, 7) is 3.96. The number of rotatable bonds is 9. The van der Waals surface area contributed by atoms with E-state index in [4.69, 9.17) is 25.2 Å². The minimum Gasteiger partial charge on any atom is -0.481 e. The smallest absolute Gasteiger partial charge is 0.303 e. The third-order valence-electron chi connectivity index (χ3n) is 2.18. The Morgan fingerprint density at radius 2 is 1.48 bits per heavy atom. The Balaban J connectivity index is -0.000000284. The Hall–Kier alpha value is -1.67. The molecule has 0 aromatic rings. The van der Waals surface area contributed by atoms with Gasteiger partial charge in [-0.15, -0.1) is 0 Å². The van der Waals surface area contributed by atoms with Crippen molar-refractivity contribution in [2.24, 2.45) is 0 Å². The van der Waals surface area contributed by atoms with Crippen LogP contribution in [0.3, 0.4) is 0 Å². The standard InChI is InChI=1S/C8H16O2.C5H10O4.C2H4O2/c1-2-3-4-5-6-7-8(9)10;1-4(7)9-3-5(8)2-6;1-2(3)4/h2-7H2,1H3,(H,9,10);5-6,8H,2-3H2,1H3;1H3,(H,3,4). The maximum atomic E-state index is 10.0. The highest BCUT2D eigenvalue weighted by atomic mass is 16.5. The predicted molar refractivity (Wildman–Crippen MR) is 84.0 cm³/mol. The molecule has 4 N–H and O–H groups in total. The number of aliphatic hydroxyl groups is 2. The summed E-state index contributed by atoms with van der Waals surface area (Å²) in [5, 5.41) is 32.5. The van der Waals surface area contributed by atoms with Gasteiger partial charge in [-0.05, 0) is 6.42 Å². The molecule has 0 amide bonds. The van der Waals surface area contributed by atoms with E-state index in [-0.39, 0.29) is 13.2 Å². The number of unbranched alkanes of at least 4 members (excludes halogenated alkanes) is 4. The van der Waals surface area contributed by atoms with Crippen molar-refractivity contribution in [3.63, 3.8) is 0 Å². The second-order valence-electron chi connectivity index (χ2n) is 4.72. The van der Waals surface area contributed by atoms with Gasteiger partial charge in [0.05, 0.1) is 6.61 Å². The summed E-state index contributed by atoms with van der Waals surface area (Å²) in [6.07, 6.45) is 4.93. The summed E-state index contributed by atoms with van der Waals surface area (Å²) in [5.74, 6) is -1.96. The maximum Gasteiger partial charge on any atom is 0.303 e. The molecule has 0 fully saturated rings. The van der Waals surface area contributed by atoms with E-state index >= 15 is 0 Å². The summed E-state index contributed by atoms with van der Waals surface area (Å²) in [5.41, 5.74) is 0. The van der Waals surface area contributed by atoms with E-state index in [2.05, 4.69) is 11.7 Å². The van der Waals surface area contributed by atoms with Crippen molar-refractivity contribution in [1.29, 1.82) is 0 Å². The Labute approximate surface area is 137 Å². The second kappa shape index (κ2) is 20.3. The molecule has 0 aliphatic rings. The predicted octanol–water partition coefficient (Wildman–Crippen LogP) is 1.43. The van der Waals surface area contributed by atoms with Crippen LogP contribution in [0.4, 0.5) is 0 Å². The molecule has 8 nitrogen and oxygen atoms in total. The summed E-state index contributed by atoms with van der Waals surface area (Å²) < 4.78 is 4.35. The van der Waals surface area contributed by atoms with Crippen molar-refractivity contribution in [2.45, 2.75) is 65.4 Å². The first-order valence-electron chi connectivity index (χ1n) is 7.50. The number of aliphatic carboxylic acids is 2. The molecule has 8 heteroatoms. The molecule has 0 aliphatic heterocycles.